The van der Waals surface area contributed by atoms with Crippen molar-refractivity contribution in [2.75, 3.05) is 5.43 Å². The minimum atomic E-state index is -3.70. The molecule has 0 aromatic heterocycles. The fraction of sp³-hybridized carbons (Fsp3) is 0.0714. The van der Waals surface area contributed by atoms with Crippen LogP contribution >= 0.6 is 0 Å². The van der Waals surface area contributed by atoms with Gasteiger partial charge in [0.15, 0.2) is 0 Å². The molecule has 0 bridgehead atoms. The van der Waals surface area contributed by atoms with Crippen LogP contribution in [0.15, 0.2) is 58.5 Å². The Balaban J connectivity index is 2.11. The second-order valence-corrected chi connectivity index (χ2v) is 5.95. The van der Waals surface area contributed by atoms with Crippen molar-refractivity contribution in [3.63, 3.8) is 0 Å². The molecular weight excluding hydrogens is 293 g/mol. The topological polar surface area (TPSA) is 84.5 Å². The number of benzene rings is 2. The molecule has 21 heavy (non-hydrogen) atoms. The van der Waals surface area contributed by atoms with E-state index in [2.05, 4.69) is 10.5 Å². The molecule has 0 unspecified atom stereocenters. The van der Waals surface area contributed by atoms with Gasteiger partial charge in [-0.1, -0.05) is 12.1 Å². The van der Waals surface area contributed by atoms with Crippen molar-refractivity contribution in [1.29, 1.82) is 0 Å². The van der Waals surface area contributed by atoms with Gasteiger partial charge in [-0.15, -0.1) is 0 Å². The van der Waals surface area contributed by atoms with E-state index in [4.69, 9.17) is 5.14 Å². The Kier molecular flexibility index (Phi) is 4.35. The third-order valence-corrected chi connectivity index (χ3v) is 3.73. The Morgan fingerprint density at radius 2 is 1.67 bits per heavy atom. The molecule has 0 heterocycles. The molecule has 0 aliphatic heterocycles. The van der Waals surface area contributed by atoms with Crippen LogP contribution in [-0.4, -0.2) is 14.1 Å². The molecular formula is C14H14FN3O2S. The van der Waals surface area contributed by atoms with Gasteiger partial charge in [-0.25, -0.2) is 17.9 Å². The van der Waals surface area contributed by atoms with E-state index in [1.807, 2.05) is 0 Å². The van der Waals surface area contributed by atoms with Crippen LogP contribution in [0.5, 0.6) is 0 Å². The fourth-order valence-electron chi connectivity index (χ4n) is 1.62. The van der Waals surface area contributed by atoms with Gasteiger partial charge in [0.05, 0.1) is 16.3 Å². The normalized spacial score (nSPS) is 12.2. The Morgan fingerprint density at radius 3 is 2.19 bits per heavy atom. The molecule has 0 atom stereocenters. The summed E-state index contributed by atoms with van der Waals surface area (Å²) < 4.78 is 35.1. The van der Waals surface area contributed by atoms with Gasteiger partial charge >= 0.3 is 0 Å². The summed E-state index contributed by atoms with van der Waals surface area (Å²) in [6, 6.07) is 11.9. The zero-order chi connectivity index (χ0) is 15.5. The molecule has 110 valence electrons. The highest BCUT2D eigenvalue weighted by atomic mass is 32.2. The standard InChI is InChI=1S/C14H14FN3O2S/c1-10(11-2-4-12(15)5-3-11)17-18-13-6-8-14(9-7-13)21(16,19)20/h2-9,18H,1H3,(H2,16,19,20)/b17-10-. The van der Waals surface area contributed by atoms with Gasteiger partial charge in [-0.2, -0.15) is 5.10 Å². The van der Waals surface area contributed by atoms with E-state index < -0.39 is 10.0 Å². The first-order chi connectivity index (χ1) is 9.86. The van der Waals surface area contributed by atoms with Crippen molar-refractivity contribution in [2.45, 2.75) is 11.8 Å². The van der Waals surface area contributed by atoms with Crippen LogP contribution < -0.4 is 10.6 Å². The lowest BCUT2D eigenvalue weighted by molar-refractivity contribution is 0.598. The second kappa shape index (κ2) is 6.02. The van der Waals surface area contributed by atoms with Crippen molar-refractivity contribution < 1.29 is 12.8 Å². The number of hydrogen-bond donors (Lipinski definition) is 2. The summed E-state index contributed by atoms with van der Waals surface area (Å²) in [5.41, 5.74) is 4.86. The average Bonchev–Trinajstić information content (AvgIpc) is 2.45. The third-order valence-electron chi connectivity index (χ3n) is 2.80. The minimum Gasteiger partial charge on any atom is -0.278 e. The molecule has 0 fully saturated rings. The van der Waals surface area contributed by atoms with E-state index in [1.165, 1.54) is 24.3 Å². The maximum Gasteiger partial charge on any atom is 0.238 e. The third kappa shape index (κ3) is 4.11. The minimum absolute atomic E-state index is 0.0345. The smallest absolute Gasteiger partial charge is 0.238 e. The van der Waals surface area contributed by atoms with Gasteiger partial charge in [0, 0.05) is 0 Å². The van der Waals surface area contributed by atoms with Crippen LogP contribution in [0.4, 0.5) is 10.1 Å². The van der Waals surface area contributed by atoms with Crippen LogP contribution in [0.1, 0.15) is 12.5 Å². The number of anilines is 1. The van der Waals surface area contributed by atoms with Gasteiger partial charge in [0.1, 0.15) is 5.82 Å². The van der Waals surface area contributed by atoms with E-state index in [0.29, 0.717) is 11.4 Å². The SMILES string of the molecule is C/C(=N/Nc1ccc(S(N)(=O)=O)cc1)c1ccc(F)cc1. The zero-order valence-electron chi connectivity index (χ0n) is 11.2. The molecule has 7 heteroatoms. The summed E-state index contributed by atoms with van der Waals surface area (Å²) in [7, 11) is -3.70. The van der Waals surface area contributed by atoms with Crippen LogP contribution in [0.3, 0.4) is 0 Å². The molecule has 0 saturated heterocycles. The number of halogens is 1. The first kappa shape index (κ1) is 15.1. The van der Waals surface area contributed by atoms with Gasteiger partial charge < -0.3 is 0 Å². The number of nitrogens with zero attached hydrogens (tertiary/aromatic N) is 1. The predicted octanol–water partition coefficient (Wildman–Crippen LogP) is 2.31. The van der Waals surface area contributed by atoms with Gasteiger partial charge in [0.25, 0.3) is 0 Å². The maximum absolute atomic E-state index is 12.8. The molecule has 0 amide bonds. The van der Waals surface area contributed by atoms with Crippen molar-refractivity contribution in [2.24, 2.45) is 10.2 Å². The highest BCUT2D eigenvalue weighted by Crippen LogP contribution is 2.13. The van der Waals surface area contributed by atoms with E-state index >= 15 is 0 Å². The van der Waals surface area contributed by atoms with Crippen molar-refractivity contribution in [3.8, 4) is 0 Å². The first-order valence-corrected chi connectivity index (χ1v) is 7.60. The number of sulfonamides is 1. The van der Waals surface area contributed by atoms with Gasteiger partial charge in [-0.3, -0.25) is 5.43 Å². The van der Waals surface area contributed by atoms with Crippen molar-refractivity contribution in [3.05, 3.63) is 59.9 Å². The molecule has 2 aromatic rings. The Hall–Kier alpha value is -2.25. The number of primary sulfonamides is 1. The lowest BCUT2D eigenvalue weighted by Gasteiger charge is -2.04. The summed E-state index contributed by atoms with van der Waals surface area (Å²) in [6.45, 7) is 1.78. The molecule has 5 nitrogen and oxygen atoms in total. The maximum atomic E-state index is 12.8. The molecule has 0 radical (unpaired) electrons. The average molecular weight is 307 g/mol. The summed E-state index contributed by atoms with van der Waals surface area (Å²) in [5.74, 6) is -0.307. The first-order valence-electron chi connectivity index (χ1n) is 6.05. The van der Waals surface area contributed by atoms with Crippen LogP contribution in [0.25, 0.3) is 0 Å². The Morgan fingerprint density at radius 1 is 1.10 bits per heavy atom. The highest BCUT2D eigenvalue weighted by Gasteiger charge is 2.06. The molecule has 0 aliphatic carbocycles. The molecule has 2 aromatic carbocycles. The molecule has 0 spiro atoms. The molecule has 0 saturated carbocycles. The Labute approximate surface area is 122 Å². The Bertz CT molecular complexity index is 754. The van der Waals surface area contributed by atoms with E-state index in [-0.39, 0.29) is 10.7 Å². The number of nitrogens with one attached hydrogen (secondary N) is 1. The monoisotopic (exact) mass is 307 g/mol. The summed E-state index contributed by atoms with van der Waals surface area (Å²) in [6.07, 6.45) is 0. The predicted molar refractivity (Wildman–Crippen MR) is 80.0 cm³/mol. The van der Waals surface area contributed by atoms with Crippen LogP contribution in [0.2, 0.25) is 0 Å². The van der Waals surface area contributed by atoms with Gasteiger partial charge in [0.2, 0.25) is 10.0 Å². The lowest BCUT2D eigenvalue weighted by Crippen LogP contribution is -2.11. The summed E-state index contributed by atoms with van der Waals surface area (Å²) in [4.78, 5) is 0.0345. The van der Waals surface area contributed by atoms with Crippen molar-refractivity contribution in [1.82, 2.24) is 0 Å². The number of rotatable bonds is 4. The largest absolute Gasteiger partial charge is 0.278 e. The van der Waals surface area contributed by atoms with Crippen LogP contribution in [0, 0.1) is 5.82 Å². The zero-order valence-corrected chi connectivity index (χ0v) is 12.1. The fourth-order valence-corrected chi connectivity index (χ4v) is 2.14. The van der Waals surface area contributed by atoms with E-state index in [0.717, 1.165) is 5.56 Å². The molecule has 2 rings (SSSR count). The lowest BCUT2D eigenvalue weighted by atomic mass is 10.1. The van der Waals surface area contributed by atoms with E-state index in [9.17, 15) is 12.8 Å². The number of nitrogens with two attached hydrogens (primary N) is 1. The molecule has 0 aliphatic rings. The summed E-state index contributed by atoms with van der Waals surface area (Å²) >= 11 is 0. The highest BCUT2D eigenvalue weighted by molar-refractivity contribution is 7.89. The molecule has 3 N–H and O–H groups in total. The van der Waals surface area contributed by atoms with Gasteiger partial charge in [-0.05, 0) is 48.9 Å². The number of hydrogen-bond acceptors (Lipinski definition) is 4. The summed E-state index contributed by atoms with van der Waals surface area (Å²) in [5, 5.41) is 9.16. The quantitative estimate of drug-likeness (QED) is 0.671. The van der Waals surface area contributed by atoms with Crippen molar-refractivity contribution >= 4 is 21.4 Å². The second-order valence-electron chi connectivity index (χ2n) is 4.39. The number of hydrazone groups is 1. The van der Waals surface area contributed by atoms with Crippen LogP contribution in [-0.2, 0) is 10.0 Å². The van der Waals surface area contributed by atoms with E-state index in [1.54, 1.807) is 31.2 Å².